The summed E-state index contributed by atoms with van der Waals surface area (Å²) in [4.78, 5) is 11.3. The maximum absolute atomic E-state index is 13.0. The number of Topliss-reactive ketones (excluding diaryl/α,β-unsaturated/α-hetero) is 1. The van der Waals surface area contributed by atoms with Crippen LogP contribution >= 0.6 is 54.5 Å². The van der Waals surface area contributed by atoms with E-state index in [0.717, 1.165) is 3.57 Å². The van der Waals surface area contributed by atoms with Gasteiger partial charge in [0.15, 0.2) is 5.78 Å². The van der Waals surface area contributed by atoms with Crippen LogP contribution in [0.2, 0.25) is 0 Å². The summed E-state index contributed by atoms with van der Waals surface area (Å²) in [5.74, 6) is -0.527. The summed E-state index contributed by atoms with van der Waals surface area (Å²) in [6.45, 7) is 0. The predicted molar refractivity (Wildman–Crippen MR) is 64.9 cm³/mol. The first-order valence-electron chi connectivity index (χ1n) is 3.30. The first-order valence-corrected chi connectivity index (χ1v) is 6.29. The van der Waals surface area contributed by atoms with Crippen LogP contribution in [0.15, 0.2) is 16.6 Å². The lowest BCUT2D eigenvalue weighted by molar-refractivity contribution is 0.102. The van der Waals surface area contributed by atoms with Crippen LogP contribution in [0.3, 0.4) is 0 Å². The molecule has 1 nitrogen and oxygen atoms in total. The normalized spacial score (nSPS) is 10.2. The van der Waals surface area contributed by atoms with E-state index in [1.54, 1.807) is 6.07 Å². The second-order valence-electron chi connectivity index (χ2n) is 2.30. The Morgan fingerprint density at radius 1 is 1.54 bits per heavy atom. The minimum absolute atomic E-state index is 0.115. The third-order valence-corrected chi connectivity index (χ3v) is 3.44. The van der Waals surface area contributed by atoms with Crippen molar-refractivity contribution in [1.82, 2.24) is 0 Å². The molecule has 5 heteroatoms. The van der Waals surface area contributed by atoms with Gasteiger partial charge >= 0.3 is 0 Å². The number of rotatable bonds is 2. The van der Waals surface area contributed by atoms with Crippen molar-refractivity contribution in [1.29, 1.82) is 0 Å². The Morgan fingerprint density at radius 3 is 2.69 bits per heavy atom. The van der Waals surface area contributed by atoms with E-state index < -0.39 is 5.82 Å². The van der Waals surface area contributed by atoms with Crippen molar-refractivity contribution in [2.45, 2.75) is 0 Å². The number of hydrogen-bond acceptors (Lipinski definition) is 1. The molecule has 0 aromatic heterocycles. The Morgan fingerprint density at radius 2 is 2.15 bits per heavy atom. The van der Waals surface area contributed by atoms with E-state index in [9.17, 15) is 9.18 Å². The minimum atomic E-state index is -0.412. The van der Waals surface area contributed by atoms with Gasteiger partial charge in [0.05, 0.1) is 9.80 Å². The summed E-state index contributed by atoms with van der Waals surface area (Å²) in [6.07, 6.45) is 0. The van der Waals surface area contributed by atoms with Crippen LogP contribution in [0.5, 0.6) is 0 Å². The molecule has 0 unspecified atom stereocenters. The van der Waals surface area contributed by atoms with Gasteiger partial charge in [0.2, 0.25) is 0 Å². The van der Waals surface area contributed by atoms with Gasteiger partial charge in [-0.25, -0.2) is 4.39 Å². The molecular formula is C8H4Br2FIO. The van der Waals surface area contributed by atoms with Gasteiger partial charge in [0, 0.05) is 9.13 Å². The highest BCUT2D eigenvalue weighted by Crippen LogP contribution is 2.22. The van der Waals surface area contributed by atoms with Crippen molar-refractivity contribution in [2.75, 3.05) is 5.33 Å². The second kappa shape index (κ2) is 4.84. The van der Waals surface area contributed by atoms with Crippen LogP contribution in [0.25, 0.3) is 0 Å². The SMILES string of the molecule is O=C(CBr)c1cc(F)c(Br)cc1I. The quantitative estimate of drug-likeness (QED) is 0.307. The van der Waals surface area contributed by atoms with Gasteiger partial charge < -0.3 is 0 Å². The summed E-state index contributed by atoms with van der Waals surface area (Å²) in [5, 5.41) is 0.212. The molecule has 1 rings (SSSR count). The molecular weight excluding hydrogens is 418 g/mol. The molecule has 0 amide bonds. The van der Waals surface area contributed by atoms with E-state index in [2.05, 4.69) is 31.9 Å². The summed E-state index contributed by atoms with van der Waals surface area (Å²) in [5.41, 5.74) is 0.415. The Kier molecular flexibility index (Phi) is 4.31. The lowest BCUT2D eigenvalue weighted by atomic mass is 10.1. The Hall–Kier alpha value is 0.510. The van der Waals surface area contributed by atoms with Gasteiger partial charge in [-0.3, -0.25) is 4.79 Å². The van der Waals surface area contributed by atoms with E-state index in [0.29, 0.717) is 10.0 Å². The van der Waals surface area contributed by atoms with Crippen molar-refractivity contribution >= 4 is 60.2 Å². The third-order valence-electron chi connectivity index (χ3n) is 1.43. The van der Waals surface area contributed by atoms with Gasteiger partial charge in [-0.15, -0.1) is 0 Å². The lowest BCUT2D eigenvalue weighted by Crippen LogP contribution is -2.03. The molecule has 0 atom stereocenters. The van der Waals surface area contributed by atoms with Crippen molar-refractivity contribution in [3.8, 4) is 0 Å². The van der Waals surface area contributed by atoms with Crippen LogP contribution in [0.4, 0.5) is 4.39 Å². The van der Waals surface area contributed by atoms with Crippen LogP contribution in [-0.2, 0) is 0 Å². The molecule has 1 aromatic carbocycles. The molecule has 0 radical (unpaired) electrons. The minimum Gasteiger partial charge on any atom is -0.293 e. The molecule has 0 saturated carbocycles. The Labute approximate surface area is 105 Å². The maximum Gasteiger partial charge on any atom is 0.174 e. The fourth-order valence-electron chi connectivity index (χ4n) is 0.808. The molecule has 13 heavy (non-hydrogen) atoms. The zero-order valence-corrected chi connectivity index (χ0v) is 11.6. The van der Waals surface area contributed by atoms with Crippen molar-refractivity contribution in [3.63, 3.8) is 0 Å². The van der Waals surface area contributed by atoms with Crippen molar-refractivity contribution in [3.05, 3.63) is 31.6 Å². The molecule has 0 aliphatic heterocycles. The monoisotopic (exact) mass is 420 g/mol. The summed E-state index contributed by atoms with van der Waals surface area (Å²) >= 11 is 8.09. The number of benzene rings is 1. The third kappa shape index (κ3) is 2.73. The highest BCUT2D eigenvalue weighted by Gasteiger charge is 2.11. The highest BCUT2D eigenvalue weighted by atomic mass is 127. The standard InChI is InChI=1S/C8H4Br2FIO/c9-3-8(13)4-1-6(11)5(10)2-7(4)12/h1-2H,3H2. The van der Waals surface area contributed by atoms with E-state index >= 15 is 0 Å². The molecule has 70 valence electrons. The van der Waals surface area contributed by atoms with Gasteiger partial charge in [-0.2, -0.15) is 0 Å². The molecule has 0 aliphatic rings. The van der Waals surface area contributed by atoms with E-state index in [1.807, 2.05) is 22.6 Å². The number of hydrogen-bond donors (Lipinski definition) is 0. The van der Waals surface area contributed by atoms with E-state index in [-0.39, 0.29) is 11.1 Å². The molecule has 0 N–H and O–H groups in total. The fraction of sp³-hybridized carbons (Fsp3) is 0.125. The summed E-state index contributed by atoms with van der Waals surface area (Å²) in [7, 11) is 0. The first-order chi connectivity index (χ1) is 6.06. The zero-order valence-electron chi connectivity index (χ0n) is 6.28. The van der Waals surface area contributed by atoms with Crippen LogP contribution < -0.4 is 0 Å². The first kappa shape index (κ1) is 11.6. The van der Waals surface area contributed by atoms with Gasteiger partial charge in [0.1, 0.15) is 5.82 Å². The number of carbonyl (C=O) groups excluding carboxylic acids is 1. The van der Waals surface area contributed by atoms with Crippen LogP contribution in [0, 0.1) is 9.39 Å². The molecule has 0 aliphatic carbocycles. The number of carbonyl (C=O) groups is 1. The molecule has 0 bridgehead atoms. The number of halogens is 4. The average molecular weight is 422 g/mol. The Bertz CT molecular complexity index is 354. The topological polar surface area (TPSA) is 17.1 Å². The molecule has 0 heterocycles. The van der Waals surface area contributed by atoms with Crippen LogP contribution in [-0.4, -0.2) is 11.1 Å². The number of alkyl halides is 1. The fourth-order valence-corrected chi connectivity index (χ4v) is 2.65. The number of ketones is 1. The van der Waals surface area contributed by atoms with E-state index in [1.165, 1.54) is 6.07 Å². The maximum atomic E-state index is 13.0. The van der Waals surface area contributed by atoms with Crippen molar-refractivity contribution < 1.29 is 9.18 Å². The van der Waals surface area contributed by atoms with Gasteiger partial charge in [-0.05, 0) is 50.7 Å². The molecule has 1 aromatic rings. The van der Waals surface area contributed by atoms with E-state index in [4.69, 9.17) is 0 Å². The Balaban J connectivity index is 3.23. The van der Waals surface area contributed by atoms with Gasteiger partial charge in [-0.1, -0.05) is 15.9 Å². The van der Waals surface area contributed by atoms with Gasteiger partial charge in [0.25, 0.3) is 0 Å². The molecule has 0 fully saturated rings. The second-order valence-corrected chi connectivity index (χ2v) is 4.88. The predicted octanol–water partition coefficient (Wildman–Crippen LogP) is 3.77. The van der Waals surface area contributed by atoms with Crippen LogP contribution in [0.1, 0.15) is 10.4 Å². The summed E-state index contributed by atoms with van der Waals surface area (Å²) < 4.78 is 14.2. The smallest absolute Gasteiger partial charge is 0.174 e. The summed E-state index contributed by atoms with van der Waals surface area (Å²) in [6, 6.07) is 2.83. The average Bonchev–Trinajstić information content (AvgIpc) is 2.10. The van der Waals surface area contributed by atoms with Crippen molar-refractivity contribution in [2.24, 2.45) is 0 Å². The highest BCUT2D eigenvalue weighted by molar-refractivity contribution is 14.1. The molecule has 0 saturated heterocycles. The zero-order chi connectivity index (χ0) is 10.0. The largest absolute Gasteiger partial charge is 0.293 e. The lowest BCUT2D eigenvalue weighted by Gasteiger charge is -2.02. The molecule has 0 spiro atoms.